The zero-order valence-corrected chi connectivity index (χ0v) is 40.6. The summed E-state index contributed by atoms with van der Waals surface area (Å²) in [5.41, 5.74) is 26.8. The molecule has 0 aliphatic rings. The molecule has 5 heteroatoms. The summed E-state index contributed by atoms with van der Waals surface area (Å²) < 4.78 is 20.0. The lowest BCUT2D eigenvalue weighted by Gasteiger charge is -2.25. The minimum Gasteiger partial charge on any atom is -0.237 e. The Hall–Kier alpha value is -4.94. The van der Waals surface area contributed by atoms with Crippen molar-refractivity contribution in [3.63, 3.8) is 0 Å². The van der Waals surface area contributed by atoms with E-state index < -0.39 is 7.49 Å². The molecular weight excluding hydrogens is 767 g/mol. The predicted octanol–water partition coefficient (Wildman–Crippen LogP) is 14.2. The zero-order chi connectivity index (χ0) is 43.9. The summed E-state index contributed by atoms with van der Waals surface area (Å²) in [6.45, 7) is 30.5. The molecule has 0 spiro atoms. The summed E-state index contributed by atoms with van der Waals surface area (Å²) in [4.78, 5) is 0. The Kier molecular flexibility index (Phi) is 13.4. The van der Waals surface area contributed by atoms with Crippen molar-refractivity contribution in [1.29, 1.82) is 0 Å². The maximum absolute atomic E-state index is 15.7. The molecule has 0 saturated carbocycles. The second kappa shape index (κ2) is 18.0. The summed E-state index contributed by atoms with van der Waals surface area (Å²) in [6.07, 6.45) is 2.07. The number of aromatic nitrogens is 2. The quantitative estimate of drug-likeness (QED) is 0.116. The molecule has 0 N–H and O–H groups in total. The fourth-order valence-corrected chi connectivity index (χ4v) is 13.5. The molecule has 1 heterocycles. The fourth-order valence-electron chi connectivity index (χ4n) is 9.71. The van der Waals surface area contributed by atoms with E-state index >= 15 is 4.57 Å². The van der Waals surface area contributed by atoms with Gasteiger partial charge >= 0.3 is 0 Å². The van der Waals surface area contributed by atoms with Gasteiger partial charge in [-0.25, -0.2) is 9.13 Å². The molecule has 6 aromatic carbocycles. The Bertz CT molecular complexity index is 2550. The largest absolute Gasteiger partial charge is 0.243 e. The van der Waals surface area contributed by atoms with Gasteiger partial charge in [0.2, 0.25) is 13.8 Å². The van der Waals surface area contributed by atoms with Crippen LogP contribution in [0.1, 0.15) is 78.1 Å². The molecular formula is C55H63N2OP2+. The van der Waals surface area contributed by atoms with Crippen molar-refractivity contribution in [2.75, 3.05) is 0 Å². The Balaban J connectivity index is 0.000000594. The van der Waals surface area contributed by atoms with E-state index in [0.717, 1.165) is 41.1 Å². The van der Waals surface area contributed by atoms with Gasteiger partial charge in [0.15, 0.2) is 5.30 Å². The third kappa shape index (κ3) is 8.91. The molecule has 0 amide bonds. The molecule has 0 bridgehead atoms. The summed E-state index contributed by atoms with van der Waals surface area (Å²) in [7, 11) is 2.97. The number of rotatable bonds is 7. The Morgan fingerprint density at radius 1 is 0.467 bits per heavy atom. The standard InChI is InChI=1S/C48H50OP2.C7H13N2/c1-27-19-31(5)43(32(6)20-27)39-15-13-16-40(44-33(7)21-28(2)22-34(44)8)47(39)50-51(49)48-41(45-35(9)23-29(3)24-36(45)10)17-14-18-42(48)46-37(11)25-30(4)26-38(46)12;1-6-7(2)9(4)5-8(6)3/h13-26H,1-12H3;5H,1-4H3/q;+1. The SMILES string of the molecule is Cc1c(C)[n+](C)cn1C.Cc1cc(C)c(-c2cccc(-c3c(C)cc(C)cc3C)c2[P-][P+](=O)c2c(-c3c(C)cc(C)cc3C)cccc2-c2c(C)cc(C)cc2C)c(C)c1. The third-order valence-electron chi connectivity index (χ3n) is 12.2. The summed E-state index contributed by atoms with van der Waals surface area (Å²) in [6, 6.07) is 31.3. The first-order valence-corrected chi connectivity index (χ1v) is 23.9. The first-order chi connectivity index (χ1) is 28.3. The van der Waals surface area contributed by atoms with Crippen molar-refractivity contribution in [1.82, 2.24) is 4.57 Å². The lowest BCUT2D eigenvalue weighted by Crippen LogP contribution is -2.28. The topological polar surface area (TPSA) is 25.9 Å². The highest BCUT2D eigenvalue weighted by molar-refractivity contribution is 8.22. The molecule has 7 rings (SSSR count). The monoisotopic (exact) mass is 829 g/mol. The van der Waals surface area contributed by atoms with Crippen LogP contribution < -0.4 is 15.2 Å². The van der Waals surface area contributed by atoms with Crippen LogP contribution in [0.25, 0.3) is 44.5 Å². The van der Waals surface area contributed by atoms with Gasteiger partial charge in [0.05, 0.1) is 14.1 Å². The van der Waals surface area contributed by atoms with Crippen LogP contribution in [0.2, 0.25) is 0 Å². The number of nitrogens with zero attached hydrogens (tertiary/aromatic N) is 2. The van der Waals surface area contributed by atoms with E-state index in [4.69, 9.17) is 0 Å². The average Bonchev–Trinajstić information content (AvgIpc) is 3.35. The number of aryl methyl sites for hydroxylation is 14. The van der Waals surface area contributed by atoms with Crippen molar-refractivity contribution < 1.29 is 9.13 Å². The van der Waals surface area contributed by atoms with E-state index in [2.05, 4.69) is 211 Å². The van der Waals surface area contributed by atoms with Gasteiger partial charge in [-0.05, 0) is 173 Å². The van der Waals surface area contributed by atoms with E-state index in [-0.39, 0.29) is 0 Å². The smallest absolute Gasteiger partial charge is 0.237 e. The zero-order valence-electron chi connectivity index (χ0n) is 38.9. The van der Waals surface area contributed by atoms with Crippen LogP contribution in [0, 0.1) is 96.9 Å². The Morgan fingerprint density at radius 2 is 0.750 bits per heavy atom. The first kappa shape index (κ1) is 44.6. The molecule has 60 heavy (non-hydrogen) atoms. The normalized spacial score (nSPS) is 11.6. The van der Waals surface area contributed by atoms with E-state index in [1.165, 1.54) is 100 Å². The van der Waals surface area contributed by atoms with E-state index in [0.29, 0.717) is 0 Å². The molecule has 0 fully saturated rings. The van der Waals surface area contributed by atoms with Crippen LogP contribution >= 0.6 is 15.8 Å². The van der Waals surface area contributed by atoms with Gasteiger partial charge < -0.3 is 0 Å². The van der Waals surface area contributed by atoms with Gasteiger partial charge in [0, 0.05) is 25.0 Å². The van der Waals surface area contributed by atoms with Crippen LogP contribution in [0.3, 0.4) is 0 Å². The first-order valence-electron chi connectivity index (χ1n) is 21.0. The maximum atomic E-state index is 15.7. The number of hydrogen-bond donors (Lipinski definition) is 0. The molecule has 7 aromatic rings. The third-order valence-corrected chi connectivity index (χ3v) is 15.6. The van der Waals surface area contributed by atoms with Crippen molar-refractivity contribution in [3.05, 3.63) is 169 Å². The molecule has 3 nitrogen and oxygen atoms in total. The Labute approximate surface area is 363 Å². The van der Waals surface area contributed by atoms with Crippen LogP contribution in [0.5, 0.6) is 0 Å². The van der Waals surface area contributed by atoms with E-state index in [1.54, 1.807) is 0 Å². The minimum absolute atomic E-state index is 0.799. The summed E-state index contributed by atoms with van der Waals surface area (Å²) in [5.74, 6) is 0. The summed E-state index contributed by atoms with van der Waals surface area (Å²) >= 11 is 0. The van der Waals surface area contributed by atoms with Gasteiger partial charge in [0.1, 0.15) is 11.4 Å². The number of benzene rings is 6. The van der Waals surface area contributed by atoms with Crippen LogP contribution in [-0.2, 0) is 18.7 Å². The van der Waals surface area contributed by atoms with E-state index in [9.17, 15) is 0 Å². The highest BCUT2D eigenvalue weighted by Crippen LogP contribution is 2.52. The molecule has 1 aromatic heterocycles. The van der Waals surface area contributed by atoms with Crippen molar-refractivity contribution in [2.45, 2.75) is 96.9 Å². The lowest BCUT2D eigenvalue weighted by atomic mass is 9.89. The van der Waals surface area contributed by atoms with Crippen LogP contribution in [0.4, 0.5) is 0 Å². The van der Waals surface area contributed by atoms with Crippen molar-refractivity contribution >= 4 is 26.4 Å². The van der Waals surface area contributed by atoms with Gasteiger partial charge in [0.25, 0.3) is 0 Å². The van der Waals surface area contributed by atoms with Crippen LogP contribution in [-0.4, -0.2) is 4.57 Å². The molecule has 0 aliphatic heterocycles. The van der Waals surface area contributed by atoms with E-state index in [1.807, 2.05) is 0 Å². The molecule has 0 saturated heterocycles. The fraction of sp³-hybridized carbons (Fsp3) is 0.291. The van der Waals surface area contributed by atoms with Gasteiger partial charge in [-0.15, -0.1) is 9.87 Å². The van der Waals surface area contributed by atoms with Crippen molar-refractivity contribution in [3.8, 4) is 44.5 Å². The van der Waals surface area contributed by atoms with Crippen LogP contribution in [0.15, 0.2) is 91.3 Å². The number of imidazole rings is 1. The maximum Gasteiger partial charge on any atom is 0.243 e. The van der Waals surface area contributed by atoms with Crippen molar-refractivity contribution in [2.24, 2.45) is 14.1 Å². The predicted molar refractivity (Wildman–Crippen MR) is 261 cm³/mol. The molecule has 308 valence electrons. The Morgan fingerprint density at radius 3 is 1.00 bits per heavy atom. The van der Waals surface area contributed by atoms with Gasteiger partial charge in [-0.3, -0.25) is 0 Å². The second-order valence-corrected chi connectivity index (χ2v) is 20.7. The molecule has 0 radical (unpaired) electrons. The highest BCUT2D eigenvalue weighted by Gasteiger charge is 2.28. The molecule has 1 atom stereocenters. The summed E-state index contributed by atoms with van der Waals surface area (Å²) in [5, 5.41) is 2.06. The van der Waals surface area contributed by atoms with Gasteiger partial charge in [-0.2, -0.15) is 8.27 Å². The molecule has 0 aliphatic carbocycles. The lowest BCUT2D eigenvalue weighted by molar-refractivity contribution is -0.677. The number of hydrogen-bond acceptors (Lipinski definition) is 1. The molecule has 1 unspecified atom stereocenters. The average molecular weight is 830 g/mol. The second-order valence-electron chi connectivity index (χ2n) is 17.4. The minimum atomic E-state index is -1.95. The highest BCUT2D eigenvalue weighted by atomic mass is 32.0. The van der Waals surface area contributed by atoms with Gasteiger partial charge in [-0.1, -0.05) is 95.1 Å².